The quantitative estimate of drug-likeness (QED) is 0.527. The summed E-state index contributed by atoms with van der Waals surface area (Å²) in [7, 11) is 0. The van der Waals surface area contributed by atoms with Gasteiger partial charge >= 0.3 is 0 Å². The molecule has 0 rings (SSSR count). The monoisotopic (exact) mass is 303 g/mol. The van der Waals surface area contributed by atoms with Crippen LogP contribution in [0.3, 0.4) is 0 Å². The lowest BCUT2D eigenvalue weighted by Crippen LogP contribution is -2.27. The second-order valence-corrected chi connectivity index (χ2v) is 5.21. The SMILES string of the molecule is CC.CCCCCC(=O)NCCOCCOCCC(C)C. The molecule has 0 heterocycles. The molecule has 0 aliphatic heterocycles. The van der Waals surface area contributed by atoms with Crippen molar-refractivity contribution in [3.05, 3.63) is 0 Å². The van der Waals surface area contributed by atoms with E-state index in [2.05, 4.69) is 26.1 Å². The van der Waals surface area contributed by atoms with Gasteiger partial charge in [0.2, 0.25) is 5.91 Å². The molecule has 0 unspecified atom stereocenters. The topological polar surface area (TPSA) is 47.6 Å². The van der Waals surface area contributed by atoms with Gasteiger partial charge in [0.05, 0.1) is 19.8 Å². The van der Waals surface area contributed by atoms with Gasteiger partial charge in [0, 0.05) is 19.6 Å². The van der Waals surface area contributed by atoms with E-state index in [0.29, 0.717) is 38.7 Å². The maximum atomic E-state index is 11.4. The lowest BCUT2D eigenvalue weighted by Gasteiger charge is -2.08. The Kier molecular flexibility index (Phi) is 20.9. The molecule has 0 saturated carbocycles. The van der Waals surface area contributed by atoms with Crippen molar-refractivity contribution in [2.75, 3.05) is 33.0 Å². The van der Waals surface area contributed by atoms with Crippen LogP contribution in [0, 0.1) is 5.92 Å². The van der Waals surface area contributed by atoms with Crippen molar-refractivity contribution < 1.29 is 14.3 Å². The van der Waals surface area contributed by atoms with Crippen LogP contribution < -0.4 is 5.32 Å². The Morgan fingerprint density at radius 1 is 1.00 bits per heavy atom. The van der Waals surface area contributed by atoms with Gasteiger partial charge in [-0.25, -0.2) is 0 Å². The van der Waals surface area contributed by atoms with Gasteiger partial charge in [-0.2, -0.15) is 0 Å². The summed E-state index contributed by atoms with van der Waals surface area (Å²) in [6.07, 6.45) is 4.97. The number of ether oxygens (including phenoxy) is 2. The average molecular weight is 303 g/mol. The highest BCUT2D eigenvalue weighted by molar-refractivity contribution is 5.75. The van der Waals surface area contributed by atoms with Gasteiger partial charge in [-0.1, -0.05) is 47.5 Å². The highest BCUT2D eigenvalue weighted by Crippen LogP contribution is 1.99. The molecule has 4 nitrogen and oxygen atoms in total. The Bertz CT molecular complexity index is 208. The molecule has 0 aliphatic rings. The summed E-state index contributed by atoms with van der Waals surface area (Å²) in [5.74, 6) is 0.814. The van der Waals surface area contributed by atoms with Crippen LogP contribution >= 0.6 is 0 Å². The normalized spacial score (nSPS) is 10.2. The first-order chi connectivity index (χ1) is 10.2. The Morgan fingerprint density at radius 2 is 1.62 bits per heavy atom. The first-order valence-corrected chi connectivity index (χ1v) is 8.59. The van der Waals surface area contributed by atoms with Crippen molar-refractivity contribution in [2.45, 2.75) is 66.7 Å². The van der Waals surface area contributed by atoms with E-state index in [-0.39, 0.29) is 5.91 Å². The van der Waals surface area contributed by atoms with E-state index < -0.39 is 0 Å². The van der Waals surface area contributed by atoms with E-state index in [4.69, 9.17) is 9.47 Å². The van der Waals surface area contributed by atoms with Crippen LogP contribution in [0.25, 0.3) is 0 Å². The Hall–Kier alpha value is -0.610. The Labute approximate surface area is 132 Å². The van der Waals surface area contributed by atoms with E-state index in [1.54, 1.807) is 0 Å². The number of unbranched alkanes of at least 4 members (excludes halogenated alkanes) is 2. The molecule has 0 aromatic carbocycles. The molecular formula is C17H37NO3. The number of hydrogen-bond acceptors (Lipinski definition) is 3. The van der Waals surface area contributed by atoms with Gasteiger partial charge in [0.25, 0.3) is 0 Å². The van der Waals surface area contributed by atoms with Crippen LogP contribution in [0.4, 0.5) is 0 Å². The second-order valence-electron chi connectivity index (χ2n) is 5.21. The largest absolute Gasteiger partial charge is 0.379 e. The Morgan fingerprint density at radius 3 is 2.19 bits per heavy atom. The summed E-state index contributed by atoms with van der Waals surface area (Å²) >= 11 is 0. The van der Waals surface area contributed by atoms with Crippen LogP contribution in [0.1, 0.15) is 66.7 Å². The minimum absolute atomic E-state index is 0.130. The maximum Gasteiger partial charge on any atom is 0.220 e. The van der Waals surface area contributed by atoms with Gasteiger partial charge in [-0.3, -0.25) is 4.79 Å². The van der Waals surface area contributed by atoms with Gasteiger partial charge in [0.15, 0.2) is 0 Å². The molecule has 21 heavy (non-hydrogen) atoms. The van der Waals surface area contributed by atoms with E-state index in [1.807, 2.05) is 13.8 Å². The number of hydrogen-bond donors (Lipinski definition) is 1. The average Bonchev–Trinajstić information content (AvgIpc) is 2.47. The summed E-state index contributed by atoms with van der Waals surface area (Å²) in [6, 6.07) is 0. The van der Waals surface area contributed by atoms with Crippen molar-refractivity contribution in [3.8, 4) is 0 Å². The molecule has 1 N–H and O–H groups in total. The number of rotatable bonds is 13. The molecule has 4 heteroatoms. The minimum Gasteiger partial charge on any atom is -0.379 e. The third-order valence-electron chi connectivity index (χ3n) is 2.79. The number of nitrogens with one attached hydrogen (secondary N) is 1. The van der Waals surface area contributed by atoms with Gasteiger partial charge in [-0.15, -0.1) is 0 Å². The van der Waals surface area contributed by atoms with Crippen molar-refractivity contribution >= 4 is 5.91 Å². The minimum atomic E-state index is 0.130. The first-order valence-electron chi connectivity index (χ1n) is 8.59. The molecule has 128 valence electrons. The molecule has 0 spiro atoms. The zero-order valence-corrected chi connectivity index (χ0v) is 14.9. The van der Waals surface area contributed by atoms with Crippen LogP contribution in [0.2, 0.25) is 0 Å². The molecule has 1 amide bonds. The predicted octanol–water partition coefficient (Wildman–Crippen LogP) is 3.79. The summed E-state index contributed by atoms with van der Waals surface area (Å²) in [5.41, 5.74) is 0. The van der Waals surface area contributed by atoms with Crippen LogP contribution in [0.15, 0.2) is 0 Å². The van der Waals surface area contributed by atoms with Crippen molar-refractivity contribution in [2.24, 2.45) is 5.92 Å². The van der Waals surface area contributed by atoms with E-state index in [1.165, 1.54) is 0 Å². The van der Waals surface area contributed by atoms with E-state index in [0.717, 1.165) is 32.3 Å². The molecule has 0 radical (unpaired) electrons. The summed E-state index contributed by atoms with van der Waals surface area (Å²) in [5, 5.41) is 2.85. The zero-order chi connectivity index (χ0) is 16.3. The Balaban J connectivity index is 0. The fourth-order valence-electron chi connectivity index (χ4n) is 1.53. The van der Waals surface area contributed by atoms with Crippen molar-refractivity contribution in [1.29, 1.82) is 0 Å². The maximum absolute atomic E-state index is 11.4. The van der Waals surface area contributed by atoms with Crippen LogP contribution in [-0.2, 0) is 14.3 Å². The van der Waals surface area contributed by atoms with Crippen molar-refractivity contribution in [1.82, 2.24) is 5.32 Å². The smallest absolute Gasteiger partial charge is 0.220 e. The number of carbonyl (C=O) groups is 1. The van der Waals surface area contributed by atoms with Crippen LogP contribution in [0.5, 0.6) is 0 Å². The summed E-state index contributed by atoms with van der Waals surface area (Å²) in [4.78, 5) is 11.4. The molecular weight excluding hydrogens is 266 g/mol. The molecule has 0 saturated heterocycles. The van der Waals surface area contributed by atoms with Gasteiger partial charge in [0.1, 0.15) is 0 Å². The summed E-state index contributed by atoms with van der Waals surface area (Å²) in [6.45, 7) is 13.7. The lowest BCUT2D eigenvalue weighted by molar-refractivity contribution is -0.121. The highest BCUT2D eigenvalue weighted by atomic mass is 16.5. The van der Waals surface area contributed by atoms with Gasteiger partial charge < -0.3 is 14.8 Å². The fraction of sp³-hybridized carbons (Fsp3) is 0.941. The summed E-state index contributed by atoms with van der Waals surface area (Å²) < 4.78 is 10.8. The number of carbonyl (C=O) groups excluding carboxylic acids is 1. The van der Waals surface area contributed by atoms with Crippen molar-refractivity contribution in [3.63, 3.8) is 0 Å². The molecule has 0 aromatic rings. The fourth-order valence-corrected chi connectivity index (χ4v) is 1.53. The van der Waals surface area contributed by atoms with Crippen LogP contribution in [-0.4, -0.2) is 38.9 Å². The van der Waals surface area contributed by atoms with E-state index in [9.17, 15) is 4.79 Å². The lowest BCUT2D eigenvalue weighted by atomic mass is 10.1. The molecule has 0 bridgehead atoms. The molecule has 0 aromatic heterocycles. The third-order valence-corrected chi connectivity index (χ3v) is 2.79. The standard InChI is InChI=1S/C15H31NO3.C2H6/c1-4-5-6-7-15(17)16-9-11-19-13-12-18-10-8-14(2)3;1-2/h14H,4-13H2,1-3H3,(H,16,17);1-2H3. The molecule has 0 atom stereocenters. The molecule has 0 aliphatic carbocycles. The predicted molar refractivity (Wildman–Crippen MR) is 89.6 cm³/mol. The highest BCUT2D eigenvalue weighted by Gasteiger charge is 1.99. The second kappa shape index (κ2) is 19.4. The first kappa shape index (κ1) is 22.7. The van der Waals surface area contributed by atoms with Gasteiger partial charge in [-0.05, 0) is 18.8 Å². The third kappa shape index (κ3) is 21.8. The number of amides is 1. The zero-order valence-electron chi connectivity index (χ0n) is 14.9. The molecule has 0 fully saturated rings. The van der Waals surface area contributed by atoms with E-state index >= 15 is 0 Å².